The Bertz CT molecular complexity index is 1180. The number of thiazole rings is 1. The van der Waals surface area contributed by atoms with Crippen molar-refractivity contribution >= 4 is 23.2 Å². The van der Waals surface area contributed by atoms with Crippen molar-refractivity contribution in [2.24, 2.45) is 0 Å². The zero-order chi connectivity index (χ0) is 24.7. The molecule has 2 aromatic heterocycles. The summed E-state index contributed by atoms with van der Waals surface area (Å²) in [5, 5.41) is 2.36. The van der Waals surface area contributed by atoms with Crippen LogP contribution >= 0.6 is 11.3 Å². The highest BCUT2D eigenvalue weighted by Gasteiger charge is 2.27. The number of nitrogens with zero attached hydrogens (tertiary/aromatic N) is 5. The topological polar surface area (TPSA) is 88.5 Å². The first-order valence-corrected chi connectivity index (χ1v) is 13.6. The SMILES string of the molecule is O=C(c1csc(-c2ncccn2)n1)N1CCCC(=O)N2CCCCC2CCc2cccc(c2)OCC1. The summed E-state index contributed by atoms with van der Waals surface area (Å²) in [6.07, 6.45) is 9.55. The molecule has 0 saturated carbocycles. The Kier molecular flexibility index (Phi) is 7.85. The maximum absolute atomic E-state index is 13.4. The molecule has 1 fully saturated rings. The molecule has 3 aromatic rings. The summed E-state index contributed by atoms with van der Waals surface area (Å²) in [5.41, 5.74) is 1.58. The van der Waals surface area contributed by atoms with Crippen LogP contribution < -0.4 is 4.74 Å². The number of rotatable bonds is 2. The van der Waals surface area contributed by atoms with Gasteiger partial charge in [-0.3, -0.25) is 9.59 Å². The van der Waals surface area contributed by atoms with E-state index in [2.05, 4.69) is 32.0 Å². The van der Waals surface area contributed by atoms with Crippen molar-refractivity contribution in [1.29, 1.82) is 0 Å². The lowest BCUT2D eigenvalue weighted by molar-refractivity contribution is -0.135. The molecule has 0 aliphatic carbocycles. The van der Waals surface area contributed by atoms with Crippen molar-refractivity contribution in [1.82, 2.24) is 24.8 Å². The summed E-state index contributed by atoms with van der Waals surface area (Å²) in [7, 11) is 0. The third-order valence-electron chi connectivity index (χ3n) is 6.83. The van der Waals surface area contributed by atoms with Gasteiger partial charge in [0.1, 0.15) is 18.1 Å². The van der Waals surface area contributed by atoms with Gasteiger partial charge in [0.25, 0.3) is 5.91 Å². The maximum atomic E-state index is 13.4. The fourth-order valence-corrected chi connectivity index (χ4v) is 5.69. The number of hydrogen-bond acceptors (Lipinski definition) is 7. The molecule has 0 spiro atoms. The van der Waals surface area contributed by atoms with Crippen molar-refractivity contribution in [3.05, 3.63) is 59.4 Å². The number of aromatic nitrogens is 3. The third-order valence-corrected chi connectivity index (χ3v) is 7.67. The van der Waals surface area contributed by atoms with Gasteiger partial charge in [-0.25, -0.2) is 15.0 Å². The highest BCUT2D eigenvalue weighted by Crippen LogP contribution is 2.25. The molecule has 1 atom stereocenters. The number of ether oxygens (including phenoxy) is 1. The van der Waals surface area contributed by atoms with Crippen LogP contribution in [0.25, 0.3) is 10.8 Å². The predicted molar refractivity (Wildman–Crippen MR) is 138 cm³/mol. The first kappa shape index (κ1) is 24.4. The number of hydrogen-bond donors (Lipinski definition) is 0. The van der Waals surface area contributed by atoms with Gasteiger partial charge >= 0.3 is 0 Å². The van der Waals surface area contributed by atoms with Crippen LogP contribution in [-0.2, 0) is 11.2 Å². The van der Waals surface area contributed by atoms with Gasteiger partial charge in [0, 0.05) is 43.3 Å². The second kappa shape index (κ2) is 11.6. The third kappa shape index (κ3) is 5.90. The van der Waals surface area contributed by atoms with E-state index in [1.165, 1.54) is 23.3 Å². The Morgan fingerprint density at radius 2 is 1.89 bits per heavy atom. The highest BCUT2D eigenvalue weighted by atomic mass is 32.1. The Labute approximate surface area is 215 Å². The molecule has 2 bridgehead atoms. The molecule has 8 nitrogen and oxygen atoms in total. The van der Waals surface area contributed by atoms with E-state index in [1.807, 2.05) is 12.1 Å². The van der Waals surface area contributed by atoms with Crippen molar-refractivity contribution in [2.45, 2.75) is 51.0 Å². The van der Waals surface area contributed by atoms with Gasteiger partial charge in [0.2, 0.25) is 5.91 Å². The lowest BCUT2D eigenvalue weighted by Crippen LogP contribution is -2.44. The molecule has 5 rings (SSSR count). The molecule has 4 heterocycles. The Balaban J connectivity index is 1.33. The van der Waals surface area contributed by atoms with Crippen LogP contribution in [0.5, 0.6) is 5.75 Å². The van der Waals surface area contributed by atoms with E-state index in [1.54, 1.807) is 28.7 Å². The van der Waals surface area contributed by atoms with Crippen molar-refractivity contribution < 1.29 is 14.3 Å². The molecular weight excluding hydrogens is 474 g/mol. The monoisotopic (exact) mass is 505 g/mol. The highest BCUT2D eigenvalue weighted by molar-refractivity contribution is 7.13. The number of benzene rings is 1. The Morgan fingerprint density at radius 1 is 1.00 bits per heavy atom. The quantitative estimate of drug-likeness (QED) is 0.518. The predicted octanol–water partition coefficient (Wildman–Crippen LogP) is 4.23. The Morgan fingerprint density at radius 3 is 2.78 bits per heavy atom. The molecule has 2 aliphatic rings. The normalized spacial score (nSPS) is 19.6. The first-order chi connectivity index (χ1) is 17.7. The average Bonchev–Trinajstić information content (AvgIpc) is 3.41. The number of amides is 2. The smallest absolute Gasteiger partial charge is 0.273 e. The van der Waals surface area contributed by atoms with Gasteiger partial charge in [-0.05, 0) is 62.3 Å². The van der Waals surface area contributed by atoms with Gasteiger partial charge in [0.05, 0.1) is 6.54 Å². The fourth-order valence-electron chi connectivity index (χ4n) is 4.95. The standard InChI is InChI=1S/C27H31N5O3S/c33-24-9-4-14-31(27(34)23-19-36-26(30-23)25-28-12-5-13-29-25)16-17-35-22-8-3-6-20(18-22)10-11-21-7-1-2-15-32(21)24/h3,5-6,8,12-13,18-19,21H,1-2,4,7,9-11,14-17H2. The number of aryl methyl sites for hydroxylation is 1. The van der Waals surface area contributed by atoms with Crippen LogP contribution in [0.1, 0.15) is 54.6 Å². The van der Waals surface area contributed by atoms with Crippen molar-refractivity contribution in [2.75, 3.05) is 26.2 Å². The molecule has 1 aromatic carbocycles. The van der Waals surface area contributed by atoms with E-state index in [0.29, 0.717) is 49.1 Å². The van der Waals surface area contributed by atoms with Crippen LogP contribution in [0, 0.1) is 0 Å². The van der Waals surface area contributed by atoms with Gasteiger partial charge in [-0.15, -0.1) is 11.3 Å². The van der Waals surface area contributed by atoms with Gasteiger partial charge < -0.3 is 14.5 Å². The van der Waals surface area contributed by atoms with Crippen LogP contribution in [0.4, 0.5) is 0 Å². The zero-order valence-electron chi connectivity index (χ0n) is 20.3. The average molecular weight is 506 g/mol. The van der Waals surface area contributed by atoms with Crippen molar-refractivity contribution in [3.8, 4) is 16.6 Å². The summed E-state index contributed by atoms with van der Waals surface area (Å²) in [6.45, 7) is 2.09. The second-order valence-corrected chi connectivity index (χ2v) is 10.1. The van der Waals surface area contributed by atoms with Gasteiger partial charge in [-0.2, -0.15) is 0 Å². The number of carbonyl (C=O) groups excluding carboxylic acids is 2. The summed E-state index contributed by atoms with van der Waals surface area (Å²) < 4.78 is 6.03. The molecule has 188 valence electrons. The van der Waals surface area contributed by atoms with E-state index in [4.69, 9.17) is 4.74 Å². The molecule has 2 aliphatic heterocycles. The lowest BCUT2D eigenvalue weighted by atomic mass is 9.95. The summed E-state index contributed by atoms with van der Waals surface area (Å²) in [6, 6.07) is 10.2. The molecular formula is C27H31N5O3S. The van der Waals surface area contributed by atoms with Crippen molar-refractivity contribution in [3.63, 3.8) is 0 Å². The van der Waals surface area contributed by atoms with E-state index >= 15 is 0 Å². The van der Waals surface area contributed by atoms with E-state index in [0.717, 1.165) is 38.0 Å². The number of carbonyl (C=O) groups is 2. The van der Waals surface area contributed by atoms with E-state index in [-0.39, 0.29) is 17.9 Å². The van der Waals surface area contributed by atoms with E-state index in [9.17, 15) is 9.59 Å². The number of fused-ring (bicyclic) bond motifs is 3. The molecule has 1 saturated heterocycles. The summed E-state index contributed by atoms with van der Waals surface area (Å²) in [4.78, 5) is 43.3. The van der Waals surface area contributed by atoms with E-state index < -0.39 is 0 Å². The molecule has 1 unspecified atom stereocenters. The van der Waals surface area contributed by atoms with Crippen LogP contribution in [0.2, 0.25) is 0 Å². The number of piperidine rings is 1. The second-order valence-electron chi connectivity index (χ2n) is 9.28. The van der Waals surface area contributed by atoms with Gasteiger partial charge in [-0.1, -0.05) is 12.1 Å². The first-order valence-electron chi connectivity index (χ1n) is 12.7. The zero-order valence-corrected chi connectivity index (χ0v) is 21.2. The Hall–Kier alpha value is -3.33. The minimum Gasteiger partial charge on any atom is -0.492 e. The van der Waals surface area contributed by atoms with Crippen LogP contribution in [-0.4, -0.2) is 68.8 Å². The molecule has 9 heteroatoms. The molecule has 0 radical (unpaired) electrons. The fraction of sp³-hybridized carbons (Fsp3) is 0.444. The summed E-state index contributed by atoms with van der Waals surface area (Å²) in [5.74, 6) is 1.34. The maximum Gasteiger partial charge on any atom is 0.273 e. The van der Waals surface area contributed by atoms with Gasteiger partial charge in [0.15, 0.2) is 10.8 Å². The largest absolute Gasteiger partial charge is 0.492 e. The van der Waals surface area contributed by atoms with Crippen LogP contribution in [0.3, 0.4) is 0 Å². The molecule has 2 amide bonds. The minimum atomic E-state index is -0.168. The van der Waals surface area contributed by atoms with Crippen LogP contribution in [0.15, 0.2) is 48.1 Å². The molecule has 36 heavy (non-hydrogen) atoms. The molecule has 0 N–H and O–H groups in total. The lowest BCUT2D eigenvalue weighted by Gasteiger charge is -2.36. The summed E-state index contributed by atoms with van der Waals surface area (Å²) >= 11 is 1.35. The minimum absolute atomic E-state index is 0.168.